The summed E-state index contributed by atoms with van der Waals surface area (Å²) in [4.78, 5) is 11.6. The lowest BCUT2D eigenvalue weighted by Crippen LogP contribution is -2.38. The molecule has 1 atom stereocenters. The van der Waals surface area contributed by atoms with Gasteiger partial charge in [0, 0.05) is 18.3 Å². The second-order valence-electron chi connectivity index (χ2n) is 6.42. The predicted molar refractivity (Wildman–Crippen MR) is 94.6 cm³/mol. The number of amides is 1. The van der Waals surface area contributed by atoms with E-state index in [1.54, 1.807) is 0 Å². The van der Waals surface area contributed by atoms with Gasteiger partial charge in [0.05, 0.1) is 11.6 Å². The average Bonchev–Trinajstić information content (AvgIpc) is 2.42. The van der Waals surface area contributed by atoms with Crippen molar-refractivity contribution in [2.45, 2.75) is 52.7 Å². The number of ether oxygens (including phenoxy) is 2. The maximum Gasteiger partial charge on any atom is 0.407 e. The minimum atomic E-state index is -0.497. The van der Waals surface area contributed by atoms with Crippen LogP contribution >= 0.6 is 11.6 Å². The fraction of sp³-hybridized carbons (Fsp3) is 0.588. The van der Waals surface area contributed by atoms with Crippen molar-refractivity contribution in [3.63, 3.8) is 0 Å². The first kappa shape index (κ1) is 19.4. The normalized spacial score (nSPS) is 12.4. The summed E-state index contributed by atoms with van der Waals surface area (Å²) >= 11 is 6.19. The van der Waals surface area contributed by atoms with Crippen LogP contribution in [0.25, 0.3) is 0 Å². The van der Waals surface area contributed by atoms with Gasteiger partial charge in [-0.25, -0.2) is 4.79 Å². The number of alkyl carbamates (subject to hydrolysis) is 1. The van der Waals surface area contributed by atoms with Gasteiger partial charge < -0.3 is 20.1 Å². The van der Waals surface area contributed by atoms with Gasteiger partial charge in [-0.1, -0.05) is 18.5 Å². The van der Waals surface area contributed by atoms with Crippen LogP contribution in [0.15, 0.2) is 18.2 Å². The molecule has 1 aromatic carbocycles. The number of halogens is 1. The summed E-state index contributed by atoms with van der Waals surface area (Å²) in [6.45, 7) is 10.6. The first-order chi connectivity index (χ1) is 10.7. The molecule has 0 radical (unpaired) electrons. The second kappa shape index (κ2) is 8.87. The number of anilines is 1. The molecule has 1 amide bonds. The Morgan fingerprint density at radius 2 is 2.04 bits per heavy atom. The maximum atomic E-state index is 11.6. The lowest BCUT2D eigenvalue weighted by Gasteiger charge is -2.21. The van der Waals surface area contributed by atoms with E-state index in [-0.39, 0.29) is 6.04 Å². The quantitative estimate of drug-likeness (QED) is 0.768. The predicted octanol–water partition coefficient (Wildman–Crippen LogP) is 4.45. The Balaban J connectivity index is 2.46. The van der Waals surface area contributed by atoms with Crippen molar-refractivity contribution in [1.29, 1.82) is 0 Å². The van der Waals surface area contributed by atoms with Gasteiger partial charge in [0.1, 0.15) is 11.4 Å². The lowest BCUT2D eigenvalue weighted by molar-refractivity contribution is 0.0526. The van der Waals surface area contributed by atoms with E-state index in [9.17, 15) is 4.79 Å². The molecule has 1 rings (SSSR count). The zero-order valence-electron chi connectivity index (χ0n) is 14.5. The van der Waals surface area contributed by atoms with Crippen LogP contribution in [0.3, 0.4) is 0 Å². The molecule has 0 bridgehead atoms. The van der Waals surface area contributed by atoms with E-state index in [1.165, 1.54) is 0 Å². The molecule has 0 saturated heterocycles. The molecule has 23 heavy (non-hydrogen) atoms. The number of hydrogen-bond acceptors (Lipinski definition) is 4. The standard InChI is InChI=1S/C17H27ClN2O3/c1-6-9-22-15-8-7-13(10-14(15)18)20-12(2)11-19-16(21)23-17(3,4)5/h7-8,10,12,20H,6,9,11H2,1-5H3,(H,19,21). The molecule has 6 heteroatoms. The Morgan fingerprint density at radius 1 is 1.35 bits per heavy atom. The van der Waals surface area contributed by atoms with Gasteiger partial charge in [0.15, 0.2) is 0 Å². The largest absolute Gasteiger partial charge is 0.492 e. The van der Waals surface area contributed by atoms with E-state index in [2.05, 4.69) is 10.6 Å². The highest BCUT2D eigenvalue weighted by Crippen LogP contribution is 2.28. The molecule has 5 nitrogen and oxygen atoms in total. The van der Waals surface area contributed by atoms with Gasteiger partial charge in [-0.2, -0.15) is 0 Å². The van der Waals surface area contributed by atoms with Crippen molar-refractivity contribution >= 4 is 23.4 Å². The highest BCUT2D eigenvalue weighted by molar-refractivity contribution is 6.32. The van der Waals surface area contributed by atoms with E-state index in [0.717, 1.165) is 12.1 Å². The SMILES string of the molecule is CCCOc1ccc(NC(C)CNC(=O)OC(C)(C)C)cc1Cl. The molecule has 0 spiro atoms. The zero-order valence-corrected chi connectivity index (χ0v) is 15.3. The van der Waals surface area contributed by atoms with Gasteiger partial charge in [-0.15, -0.1) is 0 Å². The van der Waals surface area contributed by atoms with Crippen molar-refractivity contribution in [2.75, 3.05) is 18.5 Å². The number of nitrogens with one attached hydrogen (secondary N) is 2. The average molecular weight is 343 g/mol. The maximum absolute atomic E-state index is 11.6. The van der Waals surface area contributed by atoms with Crippen molar-refractivity contribution in [1.82, 2.24) is 5.32 Å². The lowest BCUT2D eigenvalue weighted by atomic mass is 10.2. The Hall–Kier alpha value is -1.62. The number of rotatable bonds is 7. The summed E-state index contributed by atoms with van der Waals surface area (Å²) in [6, 6.07) is 5.59. The highest BCUT2D eigenvalue weighted by atomic mass is 35.5. The summed E-state index contributed by atoms with van der Waals surface area (Å²) in [7, 11) is 0. The van der Waals surface area contributed by atoms with E-state index < -0.39 is 11.7 Å². The van der Waals surface area contributed by atoms with Crippen LogP contribution < -0.4 is 15.4 Å². The first-order valence-electron chi connectivity index (χ1n) is 7.87. The fourth-order valence-corrected chi connectivity index (χ4v) is 2.04. The molecule has 0 fully saturated rings. The Kier molecular flexibility index (Phi) is 7.49. The van der Waals surface area contributed by atoms with Crippen LogP contribution in [0.1, 0.15) is 41.0 Å². The van der Waals surface area contributed by atoms with Crippen LogP contribution in [0.4, 0.5) is 10.5 Å². The summed E-state index contributed by atoms with van der Waals surface area (Å²) in [5, 5.41) is 6.57. The Bertz CT molecular complexity index is 515. The van der Waals surface area contributed by atoms with Crippen LogP contribution in [0.2, 0.25) is 5.02 Å². The second-order valence-corrected chi connectivity index (χ2v) is 6.83. The molecular weight excluding hydrogens is 316 g/mol. The zero-order chi connectivity index (χ0) is 17.5. The third kappa shape index (κ3) is 7.98. The molecule has 0 aliphatic heterocycles. The molecule has 1 aromatic rings. The van der Waals surface area contributed by atoms with Gasteiger partial charge in [0.25, 0.3) is 0 Å². The minimum absolute atomic E-state index is 0.0287. The number of carbonyl (C=O) groups excluding carboxylic acids is 1. The molecule has 0 heterocycles. The fourth-order valence-electron chi connectivity index (χ4n) is 1.81. The van der Waals surface area contributed by atoms with Gasteiger partial charge in [-0.05, 0) is 52.3 Å². The van der Waals surface area contributed by atoms with Crippen LogP contribution in [0, 0.1) is 0 Å². The first-order valence-corrected chi connectivity index (χ1v) is 8.25. The molecule has 130 valence electrons. The molecule has 1 unspecified atom stereocenters. The topological polar surface area (TPSA) is 59.6 Å². The van der Waals surface area contributed by atoms with E-state index >= 15 is 0 Å². The molecule has 2 N–H and O–H groups in total. The number of hydrogen-bond donors (Lipinski definition) is 2. The van der Waals surface area contributed by atoms with Gasteiger partial charge in [-0.3, -0.25) is 0 Å². The minimum Gasteiger partial charge on any atom is -0.492 e. The van der Waals surface area contributed by atoms with Crippen molar-refractivity contribution in [2.24, 2.45) is 0 Å². The van der Waals surface area contributed by atoms with Crippen molar-refractivity contribution < 1.29 is 14.3 Å². The summed E-state index contributed by atoms with van der Waals surface area (Å²) < 4.78 is 10.7. The summed E-state index contributed by atoms with van der Waals surface area (Å²) in [5.41, 5.74) is 0.375. The highest BCUT2D eigenvalue weighted by Gasteiger charge is 2.16. The Morgan fingerprint density at radius 3 is 2.61 bits per heavy atom. The monoisotopic (exact) mass is 342 g/mol. The molecular formula is C17H27ClN2O3. The number of benzene rings is 1. The summed E-state index contributed by atoms with van der Waals surface area (Å²) in [5.74, 6) is 0.679. The van der Waals surface area contributed by atoms with E-state index in [0.29, 0.717) is 23.9 Å². The van der Waals surface area contributed by atoms with Crippen molar-refractivity contribution in [3.05, 3.63) is 23.2 Å². The molecule has 0 aromatic heterocycles. The Labute approximate surface area is 143 Å². The summed E-state index contributed by atoms with van der Waals surface area (Å²) in [6.07, 6.45) is 0.511. The molecule has 0 aliphatic rings. The molecule has 0 saturated carbocycles. The van der Waals surface area contributed by atoms with E-state index in [1.807, 2.05) is 52.8 Å². The van der Waals surface area contributed by atoms with Gasteiger partial charge >= 0.3 is 6.09 Å². The number of carbonyl (C=O) groups is 1. The smallest absolute Gasteiger partial charge is 0.407 e. The van der Waals surface area contributed by atoms with Crippen LogP contribution in [-0.4, -0.2) is 30.9 Å². The molecule has 0 aliphatic carbocycles. The van der Waals surface area contributed by atoms with Crippen LogP contribution in [-0.2, 0) is 4.74 Å². The van der Waals surface area contributed by atoms with Crippen LogP contribution in [0.5, 0.6) is 5.75 Å². The van der Waals surface area contributed by atoms with E-state index in [4.69, 9.17) is 21.1 Å². The van der Waals surface area contributed by atoms with Crippen molar-refractivity contribution in [3.8, 4) is 5.75 Å². The third-order valence-electron chi connectivity index (χ3n) is 2.76. The van der Waals surface area contributed by atoms with Gasteiger partial charge in [0.2, 0.25) is 0 Å². The third-order valence-corrected chi connectivity index (χ3v) is 3.05.